The highest BCUT2D eigenvalue weighted by Crippen LogP contribution is 2.15. The Balaban J connectivity index is 2.11. The average molecular weight is 272 g/mol. The molecule has 1 aliphatic rings. The fourth-order valence-electron chi connectivity index (χ4n) is 1.54. The summed E-state index contributed by atoms with van der Waals surface area (Å²) in [5.74, 6) is 0.926. The third kappa shape index (κ3) is 2.89. The lowest BCUT2D eigenvalue weighted by atomic mass is 10.3. The second kappa shape index (κ2) is 4.90. The number of aryl methyl sites for hydroxylation is 1. The fraction of sp³-hybridized carbons (Fsp3) is 0.600. The van der Waals surface area contributed by atoms with Gasteiger partial charge in [0.1, 0.15) is 0 Å². The minimum atomic E-state index is 0.364. The average Bonchev–Trinajstić information content (AvgIpc) is 2.44. The molecule has 15 heavy (non-hydrogen) atoms. The van der Waals surface area contributed by atoms with Crippen LogP contribution in [0.3, 0.4) is 0 Å². The van der Waals surface area contributed by atoms with Crippen molar-refractivity contribution in [2.45, 2.75) is 11.8 Å². The van der Waals surface area contributed by atoms with E-state index >= 15 is 0 Å². The van der Waals surface area contributed by atoms with E-state index in [2.05, 4.69) is 31.0 Å². The van der Waals surface area contributed by atoms with Gasteiger partial charge in [-0.25, -0.2) is 0 Å². The van der Waals surface area contributed by atoms with Gasteiger partial charge in [0.2, 0.25) is 0 Å². The molecular formula is C10H14BrN3O. The molecule has 82 valence electrons. The van der Waals surface area contributed by atoms with Crippen LogP contribution >= 0.6 is 15.9 Å². The van der Waals surface area contributed by atoms with Crippen LogP contribution in [0, 0.1) is 6.92 Å². The van der Waals surface area contributed by atoms with Crippen molar-refractivity contribution in [3.63, 3.8) is 0 Å². The molecule has 5 heteroatoms. The summed E-state index contributed by atoms with van der Waals surface area (Å²) in [6.45, 7) is 5.24. The largest absolute Gasteiger partial charge is 0.378 e. The lowest BCUT2D eigenvalue weighted by Gasteiger charge is -2.21. The molecule has 1 unspecified atom stereocenters. The second-order valence-corrected chi connectivity index (χ2v) is 4.95. The first-order valence-corrected chi connectivity index (χ1v) is 5.94. The summed E-state index contributed by atoms with van der Waals surface area (Å²) in [5, 5.41) is 8.24. The Hall–Kier alpha value is -0.680. The van der Waals surface area contributed by atoms with Crippen LogP contribution in [0.25, 0.3) is 0 Å². The van der Waals surface area contributed by atoms with Crippen LogP contribution in [0.5, 0.6) is 0 Å². The molecule has 0 aliphatic carbocycles. The zero-order chi connectivity index (χ0) is 10.7. The molecule has 0 spiro atoms. The van der Waals surface area contributed by atoms with Gasteiger partial charge in [-0.1, -0.05) is 15.9 Å². The zero-order valence-corrected chi connectivity index (χ0v) is 10.3. The van der Waals surface area contributed by atoms with E-state index < -0.39 is 0 Å². The van der Waals surface area contributed by atoms with Crippen LogP contribution < -0.4 is 4.90 Å². The normalized spacial score (nSPS) is 22.5. The van der Waals surface area contributed by atoms with Gasteiger partial charge in [0.15, 0.2) is 5.82 Å². The van der Waals surface area contributed by atoms with Crippen LogP contribution in [0.4, 0.5) is 5.82 Å². The molecule has 0 N–H and O–H groups in total. The topological polar surface area (TPSA) is 38.2 Å². The first-order chi connectivity index (χ1) is 7.25. The predicted molar refractivity (Wildman–Crippen MR) is 62.5 cm³/mol. The van der Waals surface area contributed by atoms with Gasteiger partial charge in [0, 0.05) is 13.1 Å². The molecule has 0 aromatic carbocycles. The molecule has 1 aromatic heterocycles. The lowest BCUT2D eigenvalue weighted by Crippen LogP contribution is -2.31. The van der Waals surface area contributed by atoms with Crippen molar-refractivity contribution >= 4 is 21.7 Å². The maximum absolute atomic E-state index is 5.45. The maximum Gasteiger partial charge on any atom is 0.151 e. The molecule has 1 aliphatic heterocycles. The van der Waals surface area contributed by atoms with Gasteiger partial charge in [-0.05, 0) is 19.1 Å². The summed E-state index contributed by atoms with van der Waals surface area (Å²) in [7, 11) is 0. The molecule has 1 atom stereocenters. The van der Waals surface area contributed by atoms with Gasteiger partial charge in [-0.15, -0.1) is 5.10 Å². The number of alkyl halides is 1. The zero-order valence-electron chi connectivity index (χ0n) is 8.69. The number of aromatic nitrogens is 2. The number of nitrogens with zero attached hydrogens (tertiary/aromatic N) is 3. The van der Waals surface area contributed by atoms with Crippen molar-refractivity contribution in [3.05, 3.63) is 17.8 Å². The van der Waals surface area contributed by atoms with Crippen molar-refractivity contribution in [2.24, 2.45) is 0 Å². The van der Waals surface area contributed by atoms with Gasteiger partial charge in [0.05, 0.1) is 23.7 Å². The fourth-order valence-corrected chi connectivity index (χ4v) is 2.07. The second-order valence-electron chi connectivity index (χ2n) is 3.65. The molecule has 2 rings (SSSR count). The summed E-state index contributed by atoms with van der Waals surface area (Å²) in [6.07, 6.45) is 0. The van der Waals surface area contributed by atoms with Crippen molar-refractivity contribution < 1.29 is 4.74 Å². The van der Waals surface area contributed by atoms with Gasteiger partial charge in [0.25, 0.3) is 0 Å². The summed E-state index contributed by atoms with van der Waals surface area (Å²) >= 11 is 3.58. The lowest BCUT2D eigenvalue weighted by molar-refractivity contribution is 0.156. The smallest absolute Gasteiger partial charge is 0.151 e. The highest BCUT2D eigenvalue weighted by molar-refractivity contribution is 9.09. The van der Waals surface area contributed by atoms with Crippen molar-refractivity contribution in [3.8, 4) is 0 Å². The van der Waals surface area contributed by atoms with E-state index in [0.717, 1.165) is 37.8 Å². The van der Waals surface area contributed by atoms with Crippen molar-refractivity contribution in [1.29, 1.82) is 0 Å². The van der Waals surface area contributed by atoms with Crippen molar-refractivity contribution in [2.75, 3.05) is 31.2 Å². The van der Waals surface area contributed by atoms with Gasteiger partial charge in [-0.2, -0.15) is 5.10 Å². The van der Waals surface area contributed by atoms with E-state index in [1.54, 1.807) is 0 Å². The van der Waals surface area contributed by atoms with Crippen LogP contribution in [-0.2, 0) is 4.74 Å². The molecule has 0 saturated carbocycles. The molecule has 1 aromatic rings. The summed E-state index contributed by atoms with van der Waals surface area (Å²) < 4.78 is 5.45. The van der Waals surface area contributed by atoms with E-state index in [1.165, 1.54) is 0 Å². The van der Waals surface area contributed by atoms with Crippen molar-refractivity contribution in [1.82, 2.24) is 10.2 Å². The van der Waals surface area contributed by atoms with Crippen LogP contribution in [-0.4, -0.2) is 41.3 Å². The number of halogens is 1. The minimum Gasteiger partial charge on any atom is -0.378 e. The molecular weight excluding hydrogens is 258 g/mol. The van der Waals surface area contributed by atoms with Crippen LogP contribution in [0.1, 0.15) is 5.69 Å². The number of rotatable bonds is 1. The van der Waals surface area contributed by atoms with Gasteiger partial charge >= 0.3 is 0 Å². The van der Waals surface area contributed by atoms with E-state index in [4.69, 9.17) is 4.74 Å². The van der Waals surface area contributed by atoms with Gasteiger partial charge in [-0.3, -0.25) is 0 Å². The number of hydrogen-bond donors (Lipinski definition) is 0. The first-order valence-electron chi connectivity index (χ1n) is 5.03. The highest BCUT2D eigenvalue weighted by atomic mass is 79.9. The molecule has 1 saturated heterocycles. The number of ether oxygens (including phenoxy) is 1. The Morgan fingerprint density at radius 3 is 3.07 bits per heavy atom. The third-order valence-electron chi connectivity index (χ3n) is 2.33. The van der Waals surface area contributed by atoms with E-state index in [9.17, 15) is 0 Å². The number of hydrogen-bond acceptors (Lipinski definition) is 4. The molecule has 0 bridgehead atoms. The van der Waals surface area contributed by atoms with Crippen LogP contribution in [0.15, 0.2) is 12.1 Å². The summed E-state index contributed by atoms with van der Waals surface area (Å²) in [5.41, 5.74) is 0.945. The van der Waals surface area contributed by atoms with Crippen LogP contribution in [0.2, 0.25) is 0 Å². The molecule has 2 heterocycles. The Bertz CT molecular complexity index is 317. The van der Waals surface area contributed by atoms with E-state index in [0.29, 0.717) is 4.83 Å². The Kier molecular flexibility index (Phi) is 3.53. The third-order valence-corrected chi connectivity index (χ3v) is 2.88. The summed E-state index contributed by atoms with van der Waals surface area (Å²) in [4.78, 5) is 2.56. The Morgan fingerprint density at radius 2 is 2.33 bits per heavy atom. The maximum atomic E-state index is 5.45. The molecule has 0 radical (unpaired) electrons. The minimum absolute atomic E-state index is 0.364. The molecule has 4 nitrogen and oxygen atoms in total. The molecule has 1 fully saturated rings. The highest BCUT2D eigenvalue weighted by Gasteiger charge is 2.17. The first kappa shape index (κ1) is 10.8. The number of anilines is 1. The Labute approximate surface area is 97.8 Å². The quantitative estimate of drug-likeness (QED) is 0.724. The standard InChI is InChI=1S/C10H14BrN3O/c1-8-2-3-10(13-12-8)14-4-5-15-7-9(11)6-14/h2-3,9H,4-7H2,1H3. The predicted octanol–water partition coefficient (Wildman–Crippen LogP) is 1.39. The Morgan fingerprint density at radius 1 is 1.47 bits per heavy atom. The summed E-state index contributed by atoms with van der Waals surface area (Å²) in [6, 6.07) is 3.99. The van der Waals surface area contributed by atoms with Gasteiger partial charge < -0.3 is 9.64 Å². The SMILES string of the molecule is Cc1ccc(N2CCOCC(Br)C2)nn1. The van der Waals surface area contributed by atoms with E-state index in [-0.39, 0.29) is 0 Å². The molecule has 0 amide bonds. The van der Waals surface area contributed by atoms with E-state index in [1.807, 2.05) is 19.1 Å². The monoisotopic (exact) mass is 271 g/mol.